The van der Waals surface area contributed by atoms with Gasteiger partial charge in [0.15, 0.2) is 23.0 Å². The third-order valence-electron chi connectivity index (χ3n) is 12.0. The second-order valence-corrected chi connectivity index (χ2v) is 19.4. The van der Waals surface area contributed by atoms with Crippen LogP contribution in [0.2, 0.25) is 0 Å². The number of fused-ring (bicyclic) bond motifs is 1. The molecule has 434 valence electrons. The number of nitrogens with zero attached hydrogens (tertiary/aromatic N) is 3. The fourth-order valence-electron chi connectivity index (χ4n) is 8.12. The van der Waals surface area contributed by atoms with Crippen molar-refractivity contribution < 1.29 is 61.1 Å². The summed E-state index contributed by atoms with van der Waals surface area (Å²) in [6, 6.07) is 18.9. The molecule has 79 heavy (non-hydrogen) atoms. The summed E-state index contributed by atoms with van der Waals surface area (Å²) in [5.41, 5.74) is 2.71. The molecule has 5 N–H and O–H groups in total. The van der Waals surface area contributed by atoms with Gasteiger partial charge in [-0.1, -0.05) is 25.5 Å². The number of anilines is 4. The molecule has 0 bridgehead atoms. The van der Waals surface area contributed by atoms with Crippen molar-refractivity contribution in [3.8, 4) is 34.5 Å². The van der Waals surface area contributed by atoms with Gasteiger partial charge in [0.1, 0.15) is 23.4 Å². The summed E-state index contributed by atoms with van der Waals surface area (Å²) in [4.78, 5) is 42.7. The van der Waals surface area contributed by atoms with Gasteiger partial charge in [-0.15, -0.1) is 6.58 Å². The zero-order chi connectivity index (χ0) is 59.0. The number of ether oxygens (including phenoxy) is 6. The minimum absolute atomic E-state index is 0.0266. The average molecular weight is 1110 g/mol. The van der Waals surface area contributed by atoms with Gasteiger partial charge in [-0.2, -0.15) is 13.2 Å². The zero-order valence-corrected chi connectivity index (χ0v) is 48.3. The zero-order valence-electron chi connectivity index (χ0n) is 48.3. The Labute approximate surface area is 464 Å². The SMILES string of the molecule is C=C(C)C.CC.CC(C)(C)OC(=O)N1CCC(C=O)CC1.CNC1CCN(c2ccc(NC(=O)Nc3cccc(Oc4ccnc5cc(OC)c(OC)cc45)c3)cc2C(F)(F)F)CC1.CNc1cc(OC)c(OC)cc1C(C)O. The van der Waals surface area contributed by atoms with Crippen molar-refractivity contribution in [1.82, 2.24) is 15.2 Å². The van der Waals surface area contributed by atoms with Crippen LogP contribution < -0.4 is 49.9 Å². The number of carbonyl (C=O) groups is 3. The highest BCUT2D eigenvalue weighted by Gasteiger charge is 2.36. The van der Waals surface area contributed by atoms with Gasteiger partial charge in [0, 0.05) is 103 Å². The van der Waals surface area contributed by atoms with E-state index in [1.54, 1.807) is 98.8 Å². The number of carbonyl (C=O) groups excluding carboxylic acids is 3. The summed E-state index contributed by atoms with van der Waals surface area (Å²) in [6.07, 6.45) is 0.182. The molecule has 7 rings (SSSR count). The number of aromatic nitrogens is 1. The Bertz CT molecular complexity index is 2730. The molecule has 2 fully saturated rings. The number of benzene rings is 4. The normalized spacial score (nSPS) is 13.8. The van der Waals surface area contributed by atoms with Crippen molar-refractivity contribution in [1.29, 1.82) is 0 Å². The van der Waals surface area contributed by atoms with Crippen LogP contribution >= 0.6 is 0 Å². The third-order valence-corrected chi connectivity index (χ3v) is 12.0. The predicted molar refractivity (Wildman–Crippen MR) is 308 cm³/mol. The topological polar surface area (TPSA) is 194 Å². The van der Waals surface area contributed by atoms with Gasteiger partial charge in [0.05, 0.1) is 45.6 Å². The Hall–Kier alpha value is -7.45. The number of pyridine rings is 1. The largest absolute Gasteiger partial charge is 0.493 e. The number of amides is 3. The standard InChI is InChI=1S/C31H32F3N5O4.C11H17NO3.C11H19NO3.C4H8.C2H6/c1-35-19-10-13-39(14-11-19)26-8-7-21(16-24(26)31(32,33)34)38-30(40)37-20-5-4-6-22(15-20)43-27-9-12-36-25-18-29(42-3)28(41-2)17-23(25)27;1-7(13)8-5-10(14-3)11(15-4)6-9(8)12-2;1-11(2,3)15-10(14)12-6-4-9(8-13)5-7-12;1-4(2)3;1-2/h4-9,12,15-19,35H,10-11,13-14H2,1-3H3,(H2,37,38,40);5-7,12-13H,1-4H3;8-9H,4-7H2,1-3H3;1H2,2-3H3;1-2H3. The highest BCUT2D eigenvalue weighted by molar-refractivity contribution is 6.00. The van der Waals surface area contributed by atoms with Gasteiger partial charge in [-0.05, 0) is 123 Å². The van der Waals surface area contributed by atoms with Crippen molar-refractivity contribution in [2.45, 2.75) is 105 Å². The molecule has 0 spiro atoms. The second kappa shape index (κ2) is 31.8. The molecule has 2 aliphatic rings. The third kappa shape index (κ3) is 20.7. The number of allylic oxidation sites excluding steroid dienone is 1. The average Bonchev–Trinajstić information content (AvgIpc) is 3.45. The number of likely N-dealkylation sites (tertiary alicyclic amines) is 1. The molecule has 1 atom stereocenters. The molecule has 0 radical (unpaired) electrons. The maximum absolute atomic E-state index is 14.0. The molecule has 0 saturated carbocycles. The number of nitrogens with one attached hydrogen (secondary N) is 4. The van der Waals surface area contributed by atoms with Crippen molar-refractivity contribution in [3.63, 3.8) is 0 Å². The molecule has 20 heteroatoms. The minimum atomic E-state index is -4.58. The first-order valence-corrected chi connectivity index (χ1v) is 26.1. The van der Waals surface area contributed by atoms with E-state index in [9.17, 15) is 32.7 Å². The number of hydrogen-bond donors (Lipinski definition) is 5. The Morgan fingerprint density at radius 1 is 0.772 bits per heavy atom. The highest BCUT2D eigenvalue weighted by Crippen LogP contribution is 2.41. The van der Waals surface area contributed by atoms with E-state index in [-0.39, 0.29) is 29.4 Å². The summed E-state index contributed by atoms with van der Waals surface area (Å²) in [5, 5.41) is 21.6. The number of urea groups is 1. The summed E-state index contributed by atoms with van der Waals surface area (Å²) >= 11 is 0. The number of rotatable bonds is 13. The first kappa shape index (κ1) is 65.8. The maximum atomic E-state index is 14.0. The summed E-state index contributed by atoms with van der Waals surface area (Å²) in [6.45, 7) is 21.0. The molecule has 1 aromatic heterocycles. The minimum Gasteiger partial charge on any atom is -0.493 e. The van der Waals surface area contributed by atoms with Gasteiger partial charge in [-0.25, -0.2) is 9.59 Å². The number of aliphatic hydroxyl groups excluding tert-OH is 1. The number of hydrogen-bond acceptors (Lipinski definition) is 14. The van der Waals surface area contributed by atoms with E-state index in [1.165, 1.54) is 31.9 Å². The van der Waals surface area contributed by atoms with Crippen molar-refractivity contribution in [3.05, 3.63) is 102 Å². The predicted octanol–water partition coefficient (Wildman–Crippen LogP) is 13.1. The molecule has 4 aromatic carbocycles. The van der Waals surface area contributed by atoms with Crippen LogP contribution in [0.15, 0.2) is 91.1 Å². The number of alkyl halides is 3. The van der Waals surface area contributed by atoms with E-state index in [2.05, 4.69) is 32.8 Å². The van der Waals surface area contributed by atoms with Gasteiger partial charge < -0.3 is 69.4 Å². The molecule has 2 aliphatic heterocycles. The van der Waals surface area contributed by atoms with Gasteiger partial charge in [0.2, 0.25) is 0 Å². The molecule has 3 heterocycles. The monoisotopic (exact) mass is 1110 g/mol. The fourth-order valence-corrected chi connectivity index (χ4v) is 8.12. The van der Waals surface area contributed by atoms with E-state index in [0.717, 1.165) is 49.3 Å². The molecule has 1 unspecified atom stereocenters. The van der Waals surface area contributed by atoms with Crippen LogP contribution in [0.4, 0.5) is 45.5 Å². The Balaban J connectivity index is 0.000000370. The second-order valence-electron chi connectivity index (χ2n) is 19.4. The lowest BCUT2D eigenvalue weighted by Crippen LogP contribution is -2.41. The number of halogens is 3. The number of methoxy groups -OCH3 is 4. The number of piperidine rings is 2. The molecular weight excluding hydrogens is 1020 g/mol. The maximum Gasteiger partial charge on any atom is 0.418 e. The fraction of sp³-hybridized carbons (Fsp3) is 0.458. The summed E-state index contributed by atoms with van der Waals surface area (Å²) in [5.74, 6) is 3.35. The number of aldehydes is 1. The molecule has 3 amide bonds. The van der Waals surface area contributed by atoms with Crippen LogP contribution in [0.1, 0.15) is 98.3 Å². The quantitative estimate of drug-likeness (QED) is 0.0552. The van der Waals surface area contributed by atoms with Gasteiger partial charge in [0.25, 0.3) is 0 Å². The van der Waals surface area contributed by atoms with Crippen LogP contribution in [0.3, 0.4) is 0 Å². The molecule has 0 aliphatic carbocycles. The first-order chi connectivity index (χ1) is 37.5. The summed E-state index contributed by atoms with van der Waals surface area (Å²) < 4.78 is 74.5. The van der Waals surface area contributed by atoms with Crippen molar-refractivity contribution in [2.75, 3.05) is 89.6 Å². The summed E-state index contributed by atoms with van der Waals surface area (Å²) in [7, 11) is 9.88. The van der Waals surface area contributed by atoms with Crippen molar-refractivity contribution in [2.24, 2.45) is 5.92 Å². The van der Waals surface area contributed by atoms with Crippen molar-refractivity contribution >= 4 is 52.1 Å². The van der Waals surface area contributed by atoms with Gasteiger partial charge >= 0.3 is 18.3 Å². The lowest BCUT2D eigenvalue weighted by molar-refractivity contribution is -0.137. The van der Waals surface area contributed by atoms with E-state index < -0.39 is 29.5 Å². The van der Waals surface area contributed by atoms with Crippen LogP contribution in [-0.2, 0) is 15.7 Å². The molecular formula is C59H82F3N7O10. The van der Waals surface area contributed by atoms with E-state index in [0.29, 0.717) is 77.3 Å². The Kier molecular flexibility index (Phi) is 26.5. The molecule has 2 saturated heterocycles. The van der Waals surface area contributed by atoms with E-state index >= 15 is 0 Å². The van der Waals surface area contributed by atoms with Crippen LogP contribution in [0, 0.1) is 5.92 Å². The van der Waals surface area contributed by atoms with E-state index in [1.807, 2.05) is 55.5 Å². The van der Waals surface area contributed by atoms with Crippen LogP contribution in [0.5, 0.6) is 34.5 Å². The van der Waals surface area contributed by atoms with Crippen LogP contribution in [0.25, 0.3) is 10.9 Å². The smallest absolute Gasteiger partial charge is 0.418 e. The van der Waals surface area contributed by atoms with Gasteiger partial charge in [-0.3, -0.25) is 4.98 Å². The number of aliphatic hydroxyl groups is 1. The Morgan fingerprint density at radius 2 is 1.33 bits per heavy atom. The molecule has 17 nitrogen and oxygen atoms in total. The lowest BCUT2D eigenvalue weighted by Gasteiger charge is -2.35. The lowest BCUT2D eigenvalue weighted by atomic mass is 9.99. The highest BCUT2D eigenvalue weighted by atomic mass is 19.4. The first-order valence-electron chi connectivity index (χ1n) is 26.1. The Morgan fingerprint density at radius 3 is 1.85 bits per heavy atom. The molecule has 5 aromatic rings. The van der Waals surface area contributed by atoms with Crippen LogP contribution in [-0.4, -0.2) is 114 Å². The van der Waals surface area contributed by atoms with E-state index in [4.69, 9.17) is 28.4 Å².